The van der Waals surface area contributed by atoms with Crippen LogP contribution in [0.4, 0.5) is 5.82 Å². The van der Waals surface area contributed by atoms with Crippen LogP contribution in [0.15, 0.2) is 28.0 Å². The highest BCUT2D eigenvalue weighted by Gasteiger charge is 2.05. The molecule has 4 nitrogen and oxygen atoms in total. The van der Waals surface area contributed by atoms with Crippen molar-refractivity contribution >= 4 is 40.5 Å². The summed E-state index contributed by atoms with van der Waals surface area (Å²) < 4.78 is 1.00. The number of nitrogen functional groups attached to an aromatic ring is 1. The number of hydrogen-bond acceptors (Lipinski definition) is 6. The van der Waals surface area contributed by atoms with Gasteiger partial charge in [-0.05, 0) is 12.1 Å². The van der Waals surface area contributed by atoms with Crippen molar-refractivity contribution in [1.82, 2.24) is 9.97 Å². The number of aromatic nitrogens is 2. The fourth-order valence-corrected chi connectivity index (χ4v) is 2.92. The van der Waals surface area contributed by atoms with E-state index in [1.54, 1.807) is 41.4 Å². The molecule has 16 heavy (non-hydrogen) atoms. The van der Waals surface area contributed by atoms with Crippen molar-refractivity contribution in [3.8, 4) is 0 Å². The lowest BCUT2D eigenvalue weighted by Crippen LogP contribution is -2.09. The molecule has 2 heterocycles. The lowest BCUT2D eigenvalue weighted by molar-refractivity contribution is 1.14. The first-order valence-corrected chi connectivity index (χ1v) is 6.68. The van der Waals surface area contributed by atoms with Gasteiger partial charge in [-0.3, -0.25) is 0 Å². The Balaban J connectivity index is 2.08. The zero-order valence-electron chi connectivity index (χ0n) is 8.18. The van der Waals surface area contributed by atoms with E-state index < -0.39 is 0 Å². The second-order valence-electron chi connectivity index (χ2n) is 2.86. The van der Waals surface area contributed by atoms with Gasteiger partial charge in [0.2, 0.25) is 0 Å². The van der Waals surface area contributed by atoms with E-state index in [0.717, 1.165) is 10.0 Å². The van der Waals surface area contributed by atoms with Gasteiger partial charge in [-0.25, -0.2) is 15.8 Å². The molecule has 84 valence electrons. The van der Waals surface area contributed by atoms with Crippen molar-refractivity contribution < 1.29 is 0 Å². The molecule has 0 aromatic carbocycles. The third kappa shape index (κ3) is 2.85. The molecule has 0 unspecified atom stereocenters. The minimum atomic E-state index is 0.610. The average molecular weight is 273 g/mol. The first-order valence-electron chi connectivity index (χ1n) is 4.44. The van der Waals surface area contributed by atoms with Crippen molar-refractivity contribution in [2.75, 3.05) is 5.43 Å². The summed E-state index contributed by atoms with van der Waals surface area (Å²) in [5.74, 6) is 6.58. The van der Waals surface area contributed by atoms with Gasteiger partial charge >= 0.3 is 0 Å². The topological polar surface area (TPSA) is 63.8 Å². The van der Waals surface area contributed by atoms with Crippen molar-refractivity contribution in [3.63, 3.8) is 0 Å². The smallest absolute Gasteiger partial charge is 0.150 e. The molecule has 0 bridgehead atoms. The van der Waals surface area contributed by atoms with Crippen LogP contribution in [-0.4, -0.2) is 9.97 Å². The molecule has 0 aliphatic carbocycles. The van der Waals surface area contributed by atoms with Crippen LogP contribution in [0.5, 0.6) is 0 Å². The molecule has 0 saturated carbocycles. The van der Waals surface area contributed by atoms with Crippen LogP contribution >= 0.6 is 34.7 Å². The molecule has 0 amide bonds. The Morgan fingerprint density at radius 3 is 3.06 bits per heavy atom. The standard InChI is InChI=1S/C9H9ClN4S2/c10-6-1-2-8(14-11)13-7(6)5-16-9-12-3-4-15-9/h1-4H,5,11H2,(H,13,14). The molecule has 7 heteroatoms. The van der Waals surface area contributed by atoms with E-state index in [-0.39, 0.29) is 0 Å². The number of halogens is 1. The van der Waals surface area contributed by atoms with Gasteiger partial charge in [0.15, 0.2) is 0 Å². The molecule has 0 fully saturated rings. The predicted octanol–water partition coefficient (Wildman–Crippen LogP) is 2.77. The molecule has 0 saturated heterocycles. The molecule has 0 radical (unpaired) electrons. The summed E-state index contributed by atoms with van der Waals surface area (Å²) in [4.78, 5) is 8.45. The van der Waals surface area contributed by atoms with Crippen molar-refractivity contribution in [2.45, 2.75) is 10.1 Å². The summed E-state index contributed by atoms with van der Waals surface area (Å²) in [7, 11) is 0. The first-order chi connectivity index (χ1) is 7.79. The number of thioether (sulfide) groups is 1. The van der Waals surface area contributed by atoms with Crippen LogP contribution in [-0.2, 0) is 5.75 Å². The fourth-order valence-electron chi connectivity index (χ4n) is 1.08. The van der Waals surface area contributed by atoms with E-state index in [2.05, 4.69) is 15.4 Å². The van der Waals surface area contributed by atoms with Crippen LogP contribution in [0.25, 0.3) is 0 Å². The van der Waals surface area contributed by atoms with Gasteiger partial charge in [-0.2, -0.15) is 0 Å². The van der Waals surface area contributed by atoms with Crippen molar-refractivity contribution in [1.29, 1.82) is 0 Å². The molecule has 0 aliphatic heterocycles. The lowest BCUT2D eigenvalue weighted by Gasteiger charge is -2.04. The highest BCUT2D eigenvalue weighted by atomic mass is 35.5. The normalized spacial score (nSPS) is 10.4. The number of hydrazine groups is 1. The predicted molar refractivity (Wildman–Crippen MR) is 68.7 cm³/mol. The van der Waals surface area contributed by atoms with Crippen molar-refractivity contribution in [3.05, 3.63) is 34.4 Å². The van der Waals surface area contributed by atoms with E-state index in [1.165, 1.54) is 0 Å². The van der Waals surface area contributed by atoms with Crippen LogP contribution < -0.4 is 11.3 Å². The van der Waals surface area contributed by atoms with Crippen LogP contribution in [0.3, 0.4) is 0 Å². The summed E-state index contributed by atoms with van der Waals surface area (Å²) in [6.07, 6.45) is 1.78. The van der Waals surface area contributed by atoms with E-state index in [4.69, 9.17) is 17.4 Å². The number of nitrogens with two attached hydrogens (primary N) is 1. The molecule has 2 aromatic rings. The van der Waals surface area contributed by atoms with E-state index in [0.29, 0.717) is 16.6 Å². The number of pyridine rings is 1. The Morgan fingerprint density at radius 1 is 1.50 bits per heavy atom. The van der Waals surface area contributed by atoms with Gasteiger partial charge in [-0.1, -0.05) is 23.4 Å². The third-order valence-electron chi connectivity index (χ3n) is 1.81. The van der Waals surface area contributed by atoms with Gasteiger partial charge < -0.3 is 5.43 Å². The maximum atomic E-state index is 6.03. The molecular formula is C9H9ClN4S2. The SMILES string of the molecule is NNc1ccc(Cl)c(CSc2nccs2)n1. The molecule has 2 rings (SSSR count). The van der Waals surface area contributed by atoms with Crippen molar-refractivity contribution in [2.24, 2.45) is 5.84 Å². The first kappa shape index (κ1) is 11.7. The van der Waals surface area contributed by atoms with E-state index in [1.807, 2.05) is 5.38 Å². The fraction of sp³-hybridized carbons (Fsp3) is 0.111. The quantitative estimate of drug-likeness (QED) is 0.509. The Morgan fingerprint density at radius 2 is 2.38 bits per heavy atom. The Bertz CT molecular complexity index is 461. The van der Waals surface area contributed by atoms with Gasteiger partial charge in [-0.15, -0.1) is 11.3 Å². The summed E-state index contributed by atoms with van der Waals surface area (Å²) in [6.45, 7) is 0. The van der Waals surface area contributed by atoms with E-state index >= 15 is 0 Å². The minimum Gasteiger partial charge on any atom is -0.308 e. The maximum Gasteiger partial charge on any atom is 0.150 e. The summed E-state index contributed by atoms with van der Waals surface area (Å²) in [6, 6.07) is 3.52. The van der Waals surface area contributed by atoms with Crippen LogP contribution in [0, 0.1) is 0 Å². The summed E-state index contributed by atoms with van der Waals surface area (Å²) in [5.41, 5.74) is 3.30. The Labute approximate surface area is 106 Å². The number of thiazole rings is 1. The average Bonchev–Trinajstić information content (AvgIpc) is 2.81. The second-order valence-corrected chi connectivity index (χ2v) is 5.38. The monoisotopic (exact) mass is 272 g/mol. The number of nitrogens with zero attached hydrogens (tertiary/aromatic N) is 2. The van der Waals surface area contributed by atoms with Gasteiger partial charge in [0, 0.05) is 17.3 Å². The molecule has 0 spiro atoms. The summed E-state index contributed by atoms with van der Waals surface area (Å²) >= 11 is 9.24. The zero-order valence-corrected chi connectivity index (χ0v) is 10.6. The summed E-state index contributed by atoms with van der Waals surface area (Å²) in [5, 5.41) is 2.58. The third-order valence-corrected chi connectivity index (χ3v) is 4.13. The highest BCUT2D eigenvalue weighted by molar-refractivity contribution is 8.00. The molecular weight excluding hydrogens is 264 g/mol. The van der Waals surface area contributed by atoms with Crippen LogP contribution in [0.1, 0.15) is 5.69 Å². The largest absolute Gasteiger partial charge is 0.308 e. The molecule has 2 aromatic heterocycles. The van der Waals surface area contributed by atoms with Gasteiger partial charge in [0.05, 0.1) is 10.7 Å². The highest BCUT2D eigenvalue weighted by Crippen LogP contribution is 2.27. The number of nitrogens with one attached hydrogen (secondary N) is 1. The number of hydrogen-bond donors (Lipinski definition) is 2. The Kier molecular flexibility index (Phi) is 4.00. The zero-order chi connectivity index (χ0) is 11.4. The maximum absolute atomic E-state index is 6.03. The molecule has 0 atom stereocenters. The minimum absolute atomic E-state index is 0.610. The number of rotatable bonds is 4. The van der Waals surface area contributed by atoms with E-state index in [9.17, 15) is 0 Å². The molecule has 0 aliphatic rings. The lowest BCUT2D eigenvalue weighted by atomic mass is 10.4. The van der Waals surface area contributed by atoms with Gasteiger partial charge in [0.25, 0.3) is 0 Å². The second kappa shape index (κ2) is 5.49. The Hall–Kier alpha value is -0.820. The molecule has 3 N–H and O–H groups in total. The van der Waals surface area contributed by atoms with Gasteiger partial charge in [0.1, 0.15) is 10.2 Å². The number of anilines is 1. The van der Waals surface area contributed by atoms with Crippen LogP contribution in [0.2, 0.25) is 5.02 Å².